The summed E-state index contributed by atoms with van der Waals surface area (Å²) in [4.78, 5) is 14.1. The minimum atomic E-state index is -3.22. The number of nitrogens with one attached hydrogen (secondary N) is 1. The number of amides is 1. The summed E-state index contributed by atoms with van der Waals surface area (Å²) in [7, 11) is -3.22. The highest BCUT2D eigenvalue weighted by molar-refractivity contribution is 8.00. The van der Waals surface area contributed by atoms with Gasteiger partial charge in [0.2, 0.25) is 5.91 Å². The summed E-state index contributed by atoms with van der Waals surface area (Å²) in [6, 6.07) is 0. The zero-order valence-corrected chi connectivity index (χ0v) is 12.4. The Kier molecular flexibility index (Phi) is 3.94. The first kappa shape index (κ1) is 14.1. The van der Waals surface area contributed by atoms with Crippen molar-refractivity contribution >= 4 is 27.5 Å². The Labute approximate surface area is 113 Å². The lowest BCUT2D eigenvalue weighted by Gasteiger charge is -2.38. The third-order valence-electron chi connectivity index (χ3n) is 3.68. The van der Waals surface area contributed by atoms with Crippen molar-refractivity contribution in [3.63, 3.8) is 0 Å². The largest absolute Gasteiger partial charge is 0.322 e. The van der Waals surface area contributed by atoms with Crippen molar-refractivity contribution in [3.05, 3.63) is 0 Å². The van der Waals surface area contributed by atoms with Crippen LogP contribution in [0.25, 0.3) is 0 Å². The Morgan fingerprint density at radius 1 is 1.50 bits per heavy atom. The Bertz CT molecular complexity index is 430. The molecule has 18 heavy (non-hydrogen) atoms. The van der Waals surface area contributed by atoms with Crippen LogP contribution in [-0.2, 0) is 14.6 Å². The van der Waals surface area contributed by atoms with E-state index in [2.05, 4.69) is 5.32 Å². The van der Waals surface area contributed by atoms with E-state index < -0.39 is 20.8 Å². The standard InChI is InChI=1S/C11H20N2O3S2/c1-11(4-3-5-12-11)10(14)13-6-7-17-8-9(13)18(2,15)16/h9,12H,3-8H2,1-2H3. The molecule has 0 aromatic carbocycles. The van der Waals surface area contributed by atoms with E-state index >= 15 is 0 Å². The molecule has 0 bridgehead atoms. The maximum atomic E-state index is 12.6. The van der Waals surface area contributed by atoms with Crippen molar-refractivity contribution in [2.24, 2.45) is 0 Å². The maximum Gasteiger partial charge on any atom is 0.243 e. The molecule has 2 atom stereocenters. The van der Waals surface area contributed by atoms with Gasteiger partial charge in [0.25, 0.3) is 0 Å². The van der Waals surface area contributed by atoms with Crippen molar-refractivity contribution in [3.8, 4) is 0 Å². The van der Waals surface area contributed by atoms with Crippen LogP contribution >= 0.6 is 11.8 Å². The third-order valence-corrected chi connectivity index (χ3v) is 6.32. The average molecular weight is 292 g/mol. The van der Waals surface area contributed by atoms with Gasteiger partial charge >= 0.3 is 0 Å². The van der Waals surface area contributed by atoms with Crippen molar-refractivity contribution in [2.75, 3.05) is 30.9 Å². The number of nitrogens with zero attached hydrogens (tertiary/aromatic N) is 1. The predicted octanol–water partition coefficient (Wildman–Crippen LogP) is 0.0746. The first-order valence-corrected chi connectivity index (χ1v) is 9.28. The summed E-state index contributed by atoms with van der Waals surface area (Å²) in [6.07, 6.45) is 2.97. The highest BCUT2D eigenvalue weighted by Crippen LogP contribution is 2.27. The Hall–Kier alpha value is -0.270. The lowest BCUT2D eigenvalue weighted by atomic mass is 9.98. The monoisotopic (exact) mass is 292 g/mol. The molecule has 2 heterocycles. The Morgan fingerprint density at radius 2 is 2.22 bits per heavy atom. The smallest absolute Gasteiger partial charge is 0.243 e. The summed E-state index contributed by atoms with van der Waals surface area (Å²) >= 11 is 1.60. The van der Waals surface area contributed by atoms with Gasteiger partial charge in [0.15, 0.2) is 9.84 Å². The van der Waals surface area contributed by atoms with E-state index in [9.17, 15) is 13.2 Å². The van der Waals surface area contributed by atoms with Crippen LogP contribution < -0.4 is 5.32 Å². The molecule has 1 amide bonds. The topological polar surface area (TPSA) is 66.5 Å². The minimum absolute atomic E-state index is 0.0595. The number of rotatable bonds is 2. The molecule has 2 rings (SSSR count). The fourth-order valence-corrected chi connectivity index (χ4v) is 5.38. The summed E-state index contributed by atoms with van der Waals surface area (Å²) in [6.45, 7) is 3.23. The molecule has 2 aliphatic rings. The number of thioether (sulfide) groups is 1. The highest BCUT2D eigenvalue weighted by atomic mass is 32.2. The lowest BCUT2D eigenvalue weighted by Crippen LogP contribution is -2.59. The van der Waals surface area contributed by atoms with Gasteiger partial charge in [0.05, 0.1) is 5.54 Å². The van der Waals surface area contributed by atoms with Crippen LogP contribution in [0.4, 0.5) is 0 Å². The van der Waals surface area contributed by atoms with E-state index in [0.717, 1.165) is 25.1 Å². The molecule has 7 heteroatoms. The predicted molar refractivity (Wildman–Crippen MR) is 73.3 cm³/mol. The maximum absolute atomic E-state index is 12.6. The van der Waals surface area contributed by atoms with Crippen molar-refractivity contribution in [1.82, 2.24) is 10.2 Å². The molecule has 0 spiro atoms. The first-order valence-electron chi connectivity index (χ1n) is 6.17. The van der Waals surface area contributed by atoms with Crippen molar-refractivity contribution in [1.29, 1.82) is 0 Å². The van der Waals surface area contributed by atoms with Crippen LogP contribution in [0.1, 0.15) is 19.8 Å². The molecule has 2 unspecified atom stereocenters. The van der Waals surface area contributed by atoms with Crippen LogP contribution in [0, 0.1) is 0 Å². The summed E-state index contributed by atoms with van der Waals surface area (Å²) in [5.74, 6) is 1.24. The number of sulfone groups is 1. The van der Waals surface area contributed by atoms with Gasteiger partial charge in [-0.2, -0.15) is 11.8 Å². The van der Waals surface area contributed by atoms with Gasteiger partial charge in [-0.05, 0) is 26.3 Å². The molecular weight excluding hydrogens is 272 g/mol. The fraction of sp³-hybridized carbons (Fsp3) is 0.909. The van der Waals surface area contributed by atoms with Crippen LogP contribution in [0.3, 0.4) is 0 Å². The average Bonchev–Trinajstić information content (AvgIpc) is 2.75. The van der Waals surface area contributed by atoms with Crippen LogP contribution in [0.5, 0.6) is 0 Å². The van der Waals surface area contributed by atoms with Crippen LogP contribution in [0.2, 0.25) is 0 Å². The molecular formula is C11H20N2O3S2. The van der Waals surface area contributed by atoms with Crippen LogP contribution in [0.15, 0.2) is 0 Å². The van der Waals surface area contributed by atoms with Crippen molar-refractivity contribution in [2.45, 2.75) is 30.7 Å². The highest BCUT2D eigenvalue weighted by Gasteiger charge is 2.44. The van der Waals surface area contributed by atoms with E-state index in [1.165, 1.54) is 6.26 Å². The molecule has 0 aliphatic carbocycles. The van der Waals surface area contributed by atoms with Gasteiger partial charge in [0.1, 0.15) is 5.37 Å². The second kappa shape index (κ2) is 5.02. The quantitative estimate of drug-likeness (QED) is 0.780. The fourth-order valence-electron chi connectivity index (χ4n) is 2.56. The Balaban J connectivity index is 2.21. The second-order valence-corrected chi connectivity index (χ2v) is 8.57. The van der Waals surface area contributed by atoms with E-state index in [4.69, 9.17) is 0 Å². The van der Waals surface area contributed by atoms with E-state index in [1.807, 2.05) is 6.92 Å². The number of hydrogen-bond acceptors (Lipinski definition) is 5. The van der Waals surface area contributed by atoms with E-state index in [-0.39, 0.29) is 5.91 Å². The van der Waals surface area contributed by atoms with Gasteiger partial charge in [-0.15, -0.1) is 0 Å². The minimum Gasteiger partial charge on any atom is -0.322 e. The van der Waals surface area contributed by atoms with Gasteiger partial charge < -0.3 is 10.2 Å². The molecule has 5 nitrogen and oxygen atoms in total. The SMILES string of the molecule is CC1(C(=O)N2CCSCC2S(C)(=O)=O)CCCN1. The zero-order valence-electron chi connectivity index (χ0n) is 10.8. The third kappa shape index (κ3) is 2.67. The molecule has 2 fully saturated rings. The molecule has 0 aromatic rings. The molecule has 1 N–H and O–H groups in total. The second-order valence-electron chi connectivity index (χ2n) is 5.22. The van der Waals surface area contributed by atoms with Crippen LogP contribution in [-0.4, -0.2) is 61.0 Å². The normalized spacial score (nSPS) is 33.7. The van der Waals surface area contributed by atoms with Gasteiger partial charge in [-0.3, -0.25) is 4.79 Å². The molecule has 0 radical (unpaired) electrons. The Morgan fingerprint density at radius 3 is 2.78 bits per heavy atom. The molecule has 2 saturated heterocycles. The molecule has 0 aromatic heterocycles. The lowest BCUT2D eigenvalue weighted by molar-refractivity contribution is -0.137. The molecule has 0 saturated carbocycles. The van der Waals surface area contributed by atoms with Gasteiger partial charge in [-0.1, -0.05) is 0 Å². The zero-order chi connectivity index (χ0) is 13.4. The molecule has 2 aliphatic heterocycles. The number of carbonyl (C=O) groups is 1. The number of hydrogen-bond donors (Lipinski definition) is 1. The summed E-state index contributed by atoms with van der Waals surface area (Å²) in [5, 5.41) is 2.55. The van der Waals surface area contributed by atoms with Gasteiger partial charge in [0, 0.05) is 24.3 Å². The first-order chi connectivity index (χ1) is 8.34. The summed E-state index contributed by atoms with van der Waals surface area (Å²) < 4.78 is 23.6. The summed E-state index contributed by atoms with van der Waals surface area (Å²) in [5.41, 5.74) is -0.578. The van der Waals surface area contributed by atoms with E-state index in [0.29, 0.717) is 12.3 Å². The van der Waals surface area contributed by atoms with Crippen molar-refractivity contribution < 1.29 is 13.2 Å². The van der Waals surface area contributed by atoms with E-state index in [1.54, 1.807) is 16.7 Å². The van der Waals surface area contributed by atoms with Gasteiger partial charge in [-0.25, -0.2) is 8.42 Å². The number of carbonyl (C=O) groups excluding carboxylic acids is 1. The molecule has 104 valence electrons.